The highest BCUT2D eigenvalue weighted by atomic mass is 32.1. The van der Waals surface area contributed by atoms with E-state index >= 15 is 0 Å². The van der Waals surface area contributed by atoms with Gasteiger partial charge in [-0.05, 0) is 30.3 Å². The summed E-state index contributed by atoms with van der Waals surface area (Å²) in [6.07, 6.45) is 3.05. The van der Waals surface area contributed by atoms with Crippen LogP contribution in [0.5, 0.6) is 11.5 Å². The molecule has 12 nitrogen and oxygen atoms in total. The number of H-pyrrole nitrogens is 1. The largest absolute Gasteiger partial charge is 0.493 e. The Morgan fingerprint density at radius 1 is 1.11 bits per heavy atom. The van der Waals surface area contributed by atoms with Crippen LogP contribution in [-0.4, -0.2) is 64.1 Å². The number of benzene rings is 2. The summed E-state index contributed by atoms with van der Waals surface area (Å²) in [6, 6.07) is 12.1. The number of aromatic nitrogens is 3. The normalized spacial score (nSPS) is 11.6. The number of nitrogens with zero attached hydrogens (tertiary/aromatic N) is 2. The van der Waals surface area contributed by atoms with Crippen LogP contribution in [0.1, 0.15) is 5.69 Å². The van der Waals surface area contributed by atoms with Gasteiger partial charge in [-0.2, -0.15) is 0 Å². The molecule has 5 N–H and O–H groups in total. The first-order chi connectivity index (χ1) is 17.9. The van der Waals surface area contributed by atoms with Gasteiger partial charge >= 0.3 is 5.97 Å². The lowest BCUT2D eigenvalue weighted by atomic mass is 10.1. The number of aliphatic carboxylic acids is 1. The number of para-hydroxylation sites is 1. The Labute approximate surface area is 215 Å². The van der Waals surface area contributed by atoms with Crippen molar-refractivity contribution >= 4 is 39.3 Å². The van der Waals surface area contributed by atoms with Crippen molar-refractivity contribution < 1.29 is 29.0 Å². The molecule has 0 fully saturated rings. The van der Waals surface area contributed by atoms with Gasteiger partial charge in [-0.1, -0.05) is 12.1 Å². The van der Waals surface area contributed by atoms with Crippen molar-refractivity contribution in [2.45, 2.75) is 12.5 Å². The molecule has 13 heteroatoms. The molecule has 0 aliphatic rings. The number of imidazole rings is 1. The number of aromatic amines is 1. The van der Waals surface area contributed by atoms with E-state index < -0.39 is 23.8 Å². The number of hydrogen-bond donors (Lipinski definition) is 5. The maximum atomic E-state index is 12.1. The molecule has 2 aromatic heterocycles. The van der Waals surface area contributed by atoms with Gasteiger partial charge in [0.05, 0.1) is 30.2 Å². The van der Waals surface area contributed by atoms with Crippen LogP contribution in [0.3, 0.4) is 0 Å². The average molecular weight is 525 g/mol. The molecule has 2 heterocycles. The van der Waals surface area contributed by atoms with E-state index in [0.29, 0.717) is 17.2 Å². The van der Waals surface area contributed by atoms with E-state index in [1.807, 2.05) is 30.3 Å². The quantitative estimate of drug-likeness (QED) is 0.183. The Bertz CT molecular complexity index is 1360. The van der Waals surface area contributed by atoms with Gasteiger partial charge in [-0.25, -0.2) is 9.97 Å². The summed E-state index contributed by atoms with van der Waals surface area (Å²) >= 11 is 1.56. The molecule has 0 radical (unpaired) electrons. The number of amides is 2. The van der Waals surface area contributed by atoms with Gasteiger partial charge in [0.2, 0.25) is 0 Å². The fraction of sp³-hybridized carbons (Fsp3) is 0.208. The highest BCUT2D eigenvalue weighted by Crippen LogP contribution is 2.35. The number of thiazole rings is 1. The standard InChI is InChI=1S/C24H24N6O6S/c1-35-19-8-14(23-28-16-4-2-3-5-20(16)37-23)6-7-18(19)36-12-22(32)30-29-21(31)11-26-17(24(33)34)9-15-10-25-13-27-15/h2-8,10,13,17,26H,9,11-12H2,1H3,(H,25,27)(H,29,31)(H,30,32)(H,33,34)/t17-/m0/s1. The van der Waals surface area contributed by atoms with Crippen molar-refractivity contribution in [2.24, 2.45) is 0 Å². The fourth-order valence-corrected chi connectivity index (χ4v) is 4.32. The number of carboxylic acid groups (broad SMARTS) is 1. The van der Waals surface area contributed by atoms with Crippen molar-refractivity contribution in [3.8, 4) is 22.1 Å². The third-order valence-corrected chi connectivity index (χ3v) is 6.28. The highest BCUT2D eigenvalue weighted by Gasteiger charge is 2.19. The third kappa shape index (κ3) is 6.80. The third-order valence-electron chi connectivity index (χ3n) is 5.19. The molecule has 1 atom stereocenters. The summed E-state index contributed by atoms with van der Waals surface area (Å²) in [5, 5.41) is 12.8. The average Bonchev–Trinajstić information content (AvgIpc) is 3.58. The first-order valence-electron chi connectivity index (χ1n) is 11.1. The Balaban J connectivity index is 1.25. The summed E-state index contributed by atoms with van der Waals surface area (Å²) in [6.45, 7) is -0.713. The summed E-state index contributed by atoms with van der Waals surface area (Å²) in [7, 11) is 1.49. The van der Waals surface area contributed by atoms with Crippen LogP contribution in [0.25, 0.3) is 20.8 Å². The number of methoxy groups -OCH3 is 1. The van der Waals surface area contributed by atoms with E-state index in [1.54, 1.807) is 23.5 Å². The molecule has 0 unspecified atom stereocenters. The van der Waals surface area contributed by atoms with E-state index in [9.17, 15) is 19.5 Å². The minimum atomic E-state index is -1.12. The maximum Gasteiger partial charge on any atom is 0.321 e. The topological polar surface area (TPSA) is 168 Å². The molecule has 0 saturated carbocycles. The molecule has 0 saturated heterocycles. The molecule has 0 aliphatic carbocycles. The van der Waals surface area contributed by atoms with E-state index in [0.717, 1.165) is 20.8 Å². The van der Waals surface area contributed by atoms with Crippen LogP contribution in [0, 0.1) is 0 Å². The second-order valence-electron chi connectivity index (χ2n) is 7.79. The molecule has 4 rings (SSSR count). The van der Waals surface area contributed by atoms with Gasteiger partial charge < -0.3 is 19.6 Å². The van der Waals surface area contributed by atoms with E-state index in [1.165, 1.54) is 19.6 Å². The molecular formula is C24H24N6O6S. The zero-order valence-electron chi connectivity index (χ0n) is 19.7. The van der Waals surface area contributed by atoms with Crippen molar-refractivity contribution in [2.75, 3.05) is 20.3 Å². The Kier molecular flexibility index (Phi) is 8.28. The minimum absolute atomic E-state index is 0.113. The van der Waals surface area contributed by atoms with Gasteiger partial charge in [-0.3, -0.25) is 30.6 Å². The van der Waals surface area contributed by atoms with Crippen LogP contribution in [-0.2, 0) is 20.8 Å². The molecule has 37 heavy (non-hydrogen) atoms. The van der Waals surface area contributed by atoms with Crippen molar-refractivity contribution in [1.29, 1.82) is 0 Å². The monoisotopic (exact) mass is 524 g/mol. The second kappa shape index (κ2) is 12.0. The Hall–Kier alpha value is -4.49. The molecule has 192 valence electrons. The molecule has 4 aromatic rings. The first kappa shape index (κ1) is 25.6. The lowest BCUT2D eigenvalue weighted by Gasteiger charge is -2.14. The highest BCUT2D eigenvalue weighted by molar-refractivity contribution is 7.21. The first-order valence-corrected chi connectivity index (χ1v) is 11.9. The molecular weight excluding hydrogens is 500 g/mol. The summed E-state index contributed by atoms with van der Waals surface area (Å²) < 4.78 is 12.0. The number of rotatable bonds is 11. The number of hydrogen-bond acceptors (Lipinski definition) is 9. The maximum absolute atomic E-state index is 12.1. The molecule has 2 amide bonds. The summed E-state index contributed by atoms with van der Waals surface area (Å²) in [4.78, 5) is 46.8. The van der Waals surface area contributed by atoms with Crippen LogP contribution in [0.15, 0.2) is 55.0 Å². The van der Waals surface area contributed by atoms with Crippen molar-refractivity contribution in [3.05, 3.63) is 60.7 Å². The van der Waals surface area contributed by atoms with Crippen LogP contribution < -0.4 is 25.6 Å². The van der Waals surface area contributed by atoms with Gasteiger partial charge in [0.25, 0.3) is 11.8 Å². The lowest BCUT2D eigenvalue weighted by molar-refractivity contribution is -0.139. The van der Waals surface area contributed by atoms with Crippen LogP contribution >= 0.6 is 11.3 Å². The number of fused-ring (bicyclic) bond motifs is 1. The minimum Gasteiger partial charge on any atom is -0.493 e. The molecule has 2 aromatic carbocycles. The van der Waals surface area contributed by atoms with Crippen molar-refractivity contribution in [3.63, 3.8) is 0 Å². The van der Waals surface area contributed by atoms with Gasteiger partial charge in [0, 0.05) is 23.9 Å². The molecule has 0 spiro atoms. The predicted molar refractivity (Wildman–Crippen MR) is 135 cm³/mol. The smallest absolute Gasteiger partial charge is 0.321 e. The summed E-state index contributed by atoms with van der Waals surface area (Å²) in [5.74, 6) is -1.59. The number of hydrazine groups is 1. The number of nitrogens with one attached hydrogen (secondary N) is 4. The second-order valence-corrected chi connectivity index (χ2v) is 8.82. The number of ether oxygens (including phenoxy) is 2. The Morgan fingerprint density at radius 3 is 2.65 bits per heavy atom. The fourth-order valence-electron chi connectivity index (χ4n) is 3.36. The number of carbonyl (C=O) groups is 3. The molecule has 0 bridgehead atoms. The van der Waals surface area contributed by atoms with Crippen LogP contribution in [0.4, 0.5) is 0 Å². The lowest BCUT2D eigenvalue weighted by Crippen LogP contribution is -2.50. The van der Waals surface area contributed by atoms with E-state index in [4.69, 9.17) is 9.47 Å². The van der Waals surface area contributed by atoms with E-state index in [2.05, 4.69) is 31.1 Å². The van der Waals surface area contributed by atoms with Gasteiger partial charge in [0.1, 0.15) is 11.0 Å². The van der Waals surface area contributed by atoms with Gasteiger partial charge in [0.15, 0.2) is 18.1 Å². The van der Waals surface area contributed by atoms with E-state index in [-0.39, 0.29) is 19.6 Å². The number of carboxylic acids is 1. The zero-order valence-corrected chi connectivity index (χ0v) is 20.5. The number of carbonyl (C=O) groups excluding carboxylic acids is 2. The zero-order chi connectivity index (χ0) is 26.2. The Morgan fingerprint density at radius 2 is 1.92 bits per heavy atom. The van der Waals surface area contributed by atoms with Crippen molar-refractivity contribution in [1.82, 2.24) is 31.1 Å². The summed E-state index contributed by atoms with van der Waals surface area (Å²) in [5.41, 5.74) is 6.80. The van der Waals surface area contributed by atoms with Gasteiger partial charge in [-0.15, -0.1) is 11.3 Å². The molecule has 0 aliphatic heterocycles. The predicted octanol–water partition coefficient (Wildman–Crippen LogP) is 1.51. The SMILES string of the molecule is COc1cc(-c2nc3ccccc3s2)ccc1OCC(=O)NNC(=O)CN[C@@H](Cc1cnc[nH]1)C(=O)O. The van der Waals surface area contributed by atoms with Crippen LogP contribution in [0.2, 0.25) is 0 Å².